The number of carboxylic acids is 1. The first-order valence-electron chi connectivity index (χ1n) is 7.26. The van der Waals surface area contributed by atoms with Gasteiger partial charge in [0.2, 0.25) is 0 Å². The maximum atomic E-state index is 10.6. The van der Waals surface area contributed by atoms with Crippen molar-refractivity contribution in [2.24, 2.45) is 0 Å². The van der Waals surface area contributed by atoms with Gasteiger partial charge in [-0.2, -0.15) is 0 Å². The normalized spacial score (nSPS) is 10.4. The lowest BCUT2D eigenvalue weighted by atomic mass is 10.1. The van der Waals surface area contributed by atoms with E-state index in [1.807, 2.05) is 60.7 Å². The minimum atomic E-state index is -0.995. The van der Waals surface area contributed by atoms with Gasteiger partial charge in [0, 0.05) is 0 Å². The van der Waals surface area contributed by atoms with Gasteiger partial charge >= 0.3 is 5.97 Å². The minimum Gasteiger partial charge on any atom is -0.489 e. The zero-order valence-corrected chi connectivity index (χ0v) is 12.4. The molecular formula is C19H16O4. The molecule has 0 saturated carbocycles. The molecule has 0 aliphatic rings. The summed E-state index contributed by atoms with van der Waals surface area (Å²) in [6, 6.07) is 21.2. The molecule has 0 atom stereocenters. The molecule has 0 saturated heterocycles. The molecule has 0 radical (unpaired) electrons. The van der Waals surface area contributed by atoms with E-state index in [0.29, 0.717) is 12.4 Å². The summed E-state index contributed by atoms with van der Waals surface area (Å²) in [5.41, 5.74) is 1.10. The van der Waals surface area contributed by atoms with Gasteiger partial charge in [0.1, 0.15) is 18.1 Å². The second-order valence-corrected chi connectivity index (χ2v) is 5.13. The predicted octanol–water partition coefficient (Wildman–Crippen LogP) is 3.88. The Kier molecular flexibility index (Phi) is 4.43. The van der Waals surface area contributed by atoms with Crippen LogP contribution in [0.25, 0.3) is 10.8 Å². The predicted molar refractivity (Wildman–Crippen MR) is 87.9 cm³/mol. The Morgan fingerprint density at radius 1 is 0.826 bits per heavy atom. The average molecular weight is 308 g/mol. The summed E-state index contributed by atoms with van der Waals surface area (Å²) in [4.78, 5) is 10.6. The van der Waals surface area contributed by atoms with Crippen molar-refractivity contribution < 1.29 is 19.4 Å². The summed E-state index contributed by atoms with van der Waals surface area (Å²) in [7, 11) is 0. The minimum absolute atomic E-state index is 0.351. The second kappa shape index (κ2) is 6.83. The molecule has 0 aliphatic heterocycles. The highest BCUT2D eigenvalue weighted by atomic mass is 16.5. The third kappa shape index (κ3) is 4.01. The van der Waals surface area contributed by atoms with Gasteiger partial charge in [-0.3, -0.25) is 0 Å². The lowest BCUT2D eigenvalue weighted by molar-refractivity contribution is -0.139. The molecule has 1 N–H and O–H groups in total. The quantitative estimate of drug-likeness (QED) is 0.751. The third-order valence-electron chi connectivity index (χ3n) is 3.39. The van der Waals surface area contributed by atoms with Crippen molar-refractivity contribution in [3.63, 3.8) is 0 Å². The molecule has 4 nitrogen and oxygen atoms in total. The number of ether oxygens (including phenoxy) is 2. The second-order valence-electron chi connectivity index (χ2n) is 5.13. The van der Waals surface area contributed by atoms with E-state index in [1.54, 1.807) is 6.07 Å². The molecule has 0 heterocycles. The van der Waals surface area contributed by atoms with Crippen LogP contribution >= 0.6 is 0 Å². The van der Waals surface area contributed by atoms with Crippen LogP contribution in [0.5, 0.6) is 11.5 Å². The summed E-state index contributed by atoms with van der Waals surface area (Å²) in [6.45, 7) is 0.150. The summed E-state index contributed by atoms with van der Waals surface area (Å²) in [5, 5.41) is 10.6. The van der Waals surface area contributed by atoms with E-state index in [1.165, 1.54) is 0 Å². The lowest BCUT2D eigenvalue weighted by Gasteiger charge is -2.09. The van der Waals surface area contributed by atoms with E-state index < -0.39 is 5.97 Å². The van der Waals surface area contributed by atoms with Crippen LogP contribution in [0, 0.1) is 0 Å². The first-order valence-corrected chi connectivity index (χ1v) is 7.26. The maximum absolute atomic E-state index is 10.6. The first kappa shape index (κ1) is 14.9. The van der Waals surface area contributed by atoms with Crippen molar-refractivity contribution in [3.05, 3.63) is 72.3 Å². The summed E-state index contributed by atoms with van der Waals surface area (Å²) in [5.74, 6) is 0.293. The molecule has 0 unspecified atom stereocenters. The van der Waals surface area contributed by atoms with Gasteiger partial charge in [0.15, 0.2) is 6.61 Å². The summed E-state index contributed by atoms with van der Waals surface area (Å²) < 4.78 is 11.0. The van der Waals surface area contributed by atoms with E-state index >= 15 is 0 Å². The number of aliphatic carboxylic acids is 1. The van der Waals surface area contributed by atoms with E-state index in [2.05, 4.69) is 0 Å². The van der Waals surface area contributed by atoms with Crippen LogP contribution in [0.3, 0.4) is 0 Å². The van der Waals surface area contributed by atoms with Crippen molar-refractivity contribution in [2.45, 2.75) is 6.61 Å². The van der Waals surface area contributed by atoms with E-state index in [9.17, 15) is 4.79 Å². The number of hydrogen-bond donors (Lipinski definition) is 1. The van der Waals surface area contributed by atoms with E-state index in [-0.39, 0.29) is 6.61 Å². The van der Waals surface area contributed by atoms with Crippen LogP contribution in [0.1, 0.15) is 5.56 Å². The van der Waals surface area contributed by atoms with E-state index in [0.717, 1.165) is 22.1 Å². The molecule has 3 rings (SSSR count). The molecule has 3 aromatic rings. The van der Waals surface area contributed by atoms with Crippen LogP contribution in [-0.4, -0.2) is 17.7 Å². The van der Waals surface area contributed by atoms with Crippen LogP contribution in [0.2, 0.25) is 0 Å². The Morgan fingerprint density at radius 2 is 1.48 bits per heavy atom. The Morgan fingerprint density at radius 3 is 2.13 bits per heavy atom. The van der Waals surface area contributed by atoms with Crippen LogP contribution in [-0.2, 0) is 11.4 Å². The van der Waals surface area contributed by atoms with Gasteiger partial charge < -0.3 is 14.6 Å². The smallest absolute Gasteiger partial charge is 0.341 e. The SMILES string of the molecule is O=C(O)COc1ccc2ccc(OCc3ccccc3)cc2c1. The zero-order valence-electron chi connectivity index (χ0n) is 12.4. The monoisotopic (exact) mass is 308 g/mol. The Balaban J connectivity index is 1.75. The first-order chi connectivity index (χ1) is 11.2. The number of benzene rings is 3. The lowest BCUT2D eigenvalue weighted by Crippen LogP contribution is -2.09. The highest BCUT2D eigenvalue weighted by molar-refractivity contribution is 5.85. The van der Waals surface area contributed by atoms with E-state index in [4.69, 9.17) is 14.6 Å². The van der Waals surface area contributed by atoms with Crippen LogP contribution < -0.4 is 9.47 Å². The van der Waals surface area contributed by atoms with Gasteiger partial charge in [-0.05, 0) is 40.6 Å². The number of carbonyl (C=O) groups is 1. The summed E-state index contributed by atoms with van der Waals surface area (Å²) >= 11 is 0. The van der Waals surface area contributed by atoms with Crippen molar-refractivity contribution >= 4 is 16.7 Å². The van der Waals surface area contributed by atoms with Crippen molar-refractivity contribution in [1.82, 2.24) is 0 Å². The molecule has 116 valence electrons. The van der Waals surface area contributed by atoms with Crippen molar-refractivity contribution in [3.8, 4) is 11.5 Å². The molecule has 0 aromatic heterocycles. The standard InChI is InChI=1S/C19H16O4/c20-19(21)13-23-18-9-7-15-6-8-17(10-16(15)11-18)22-12-14-4-2-1-3-5-14/h1-11H,12-13H2,(H,20,21). The fourth-order valence-electron chi connectivity index (χ4n) is 2.27. The van der Waals surface area contributed by atoms with Gasteiger partial charge in [-0.25, -0.2) is 4.79 Å². The number of hydrogen-bond acceptors (Lipinski definition) is 3. The number of carboxylic acid groups (broad SMARTS) is 1. The van der Waals surface area contributed by atoms with Gasteiger partial charge in [-0.15, -0.1) is 0 Å². The van der Waals surface area contributed by atoms with Gasteiger partial charge in [0.05, 0.1) is 0 Å². The maximum Gasteiger partial charge on any atom is 0.341 e. The average Bonchev–Trinajstić information content (AvgIpc) is 2.58. The number of rotatable bonds is 6. The molecule has 0 bridgehead atoms. The zero-order chi connectivity index (χ0) is 16.1. The fourth-order valence-corrected chi connectivity index (χ4v) is 2.27. The Bertz CT molecular complexity index is 812. The molecule has 0 aliphatic carbocycles. The molecule has 0 spiro atoms. The molecule has 0 amide bonds. The molecule has 3 aromatic carbocycles. The van der Waals surface area contributed by atoms with Crippen LogP contribution in [0.15, 0.2) is 66.7 Å². The molecular weight excluding hydrogens is 292 g/mol. The van der Waals surface area contributed by atoms with Gasteiger partial charge in [-0.1, -0.05) is 42.5 Å². The summed E-state index contributed by atoms with van der Waals surface area (Å²) in [6.07, 6.45) is 0. The molecule has 0 fully saturated rings. The van der Waals surface area contributed by atoms with Crippen LogP contribution in [0.4, 0.5) is 0 Å². The highest BCUT2D eigenvalue weighted by Gasteiger charge is 2.03. The molecule has 23 heavy (non-hydrogen) atoms. The number of fused-ring (bicyclic) bond motifs is 1. The fraction of sp³-hybridized carbons (Fsp3) is 0.105. The van der Waals surface area contributed by atoms with Crippen molar-refractivity contribution in [2.75, 3.05) is 6.61 Å². The van der Waals surface area contributed by atoms with Gasteiger partial charge in [0.25, 0.3) is 0 Å². The Labute approximate surface area is 133 Å². The third-order valence-corrected chi connectivity index (χ3v) is 3.39. The van der Waals surface area contributed by atoms with Crippen molar-refractivity contribution in [1.29, 1.82) is 0 Å². The largest absolute Gasteiger partial charge is 0.489 e. The molecule has 4 heteroatoms. The Hall–Kier alpha value is -3.01. The highest BCUT2D eigenvalue weighted by Crippen LogP contribution is 2.25. The topological polar surface area (TPSA) is 55.8 Å².